The minimum Gasteiger partial charge on any atom is -0.197 e. The van der Waals surface area contributed by atoms with Gasteiger partial charge in [-0.15, -0.1) is 0 Å². The summed E-state index contributed by atoms with van der Waals surface area (Å²) in [7, 11) is 0. The zero-order valence-electron chi connectivity index (χ0n) is 8.99. The van der Waals surface area contributed by atoms with Crippen molar-refractivity contribution in [2.45, 2.75) is 0 Å². The van der Waals surface area contributed by atoms with Gasteiger partial charge in [0.15, 0.2) is 11.8 Å². The van der Waals surface area contributed by atoms with Gasteiger partial charge >= 0.3 is 0 Å². The number of allylic oxidation sites excluding steroid dienone is 2. The molecule has 0 fully saturated rings. The van der Waals surface area contributed by atoms with E-state index in [4.69, 9.17) is 31.6 Å². The molecule has 0 aliphatic heterocycles. The molecule has 0 N–H and O–H groups in total. The molecular formula is C12H4N6. The Morgan fingerprint density at radius 2 is 0.944 bits per heavy atom. The Balaban J connectivity index is 3.18. The minimum absolute atomic E-state index is 0.279. The Morgan fingerprint density at radius 1 is 0.611 bits per heavy atom. The van der Waals surface area contributed by atoms with Crippen molar-refractivity contribution in [3.63, 3.8) is 0 Å². The zero-order valence-corrected chi connectivity index (χ0v) is 8.99. The highest BCUT2D eigenvalue weighted by molar-refractivity contribution is 5.55. The predicted molar refractivity (Wildman–Crippen MR) is 54.7 cm³/mol. The van der Waals surface area contributed by atoms with E-state index in [9.17, 15) is 0 Å². The van der Waals surface area contributed by atoms with Gasteiger partial charge in [0, 0.05) is 5.92 Å². The van der Waals surface area contributed by atoms with Crippen molar-refractivity contribution in [1.29, 1.82) is 31.6 Å². The molecule has 1 rings (SSSR count). The van der Waals surface area contributed by atoms with Crippen LogP contribution in [0.15, 0.2) is 11.1 Å². The Bertz CT molecular complexity index is 562. The van der Waals surface area contributed by atoms with E-state index in [2.05, 4.69) is 0 Å². The molecule has 18 heavy (non-hydrogen) atoms. The third-order valence-corrected chi connectivity index (χ3v) is 2.67. The molecule has 0 saturated carbocycles. The molecule has 0 atom stereocenters. The molecule has 0 heterocycles. The normalized spacial score (nSPS) is 13.2. The van der Waals surface area contributed by atoms with Crippen LogP contribution >= 0.6 is 0 Å². The highest BCUT2D eigenvalue weighted by Gasteiger charge is 2.50. The topological polar surface area (TPSA) is 143 Å². The molecule has 0 unspecified atom stereocenters. The lowest BCUT2D eigenvalue weighted by Crippen LogP contribution is -2.05. The summed E-state index contributed by atoms with van der Waals surface area (Å²) >= 11 is 0. The maximum Gasteiger partial charge on any atom is 0.155 e. The predicted octanol–water partition coefficient (Wildman–Crippen LogP) is 0.903. The zero-order chi connectivity index (χ0) is 13.7. The lowest BCUT2D eigenvalue weighted by atomic mass is 9.95. The fraction of sp³-hybridized carbons (Fsp3) is 0.333. The van der Waals surface area contributed by atoms with Crippen LogP contribution in [-0.4, -0.2) is 0 Å². The first-order valence-electron chi connectivity index (χ1n) is 4.81. The van der Waals surface area contributed by atoms with Crippen molar-refractivity contribution in [3.05, 3.63) is 11.1 Å². The fourth-order valence-electron chi connectivity index (χ4n) is 1.84. The summed E-state index contributed by atoms with van der Waals surface area (Å²) in [5, 5.41) is 52.7. The van der Waals surface area contributed by atoms with Crippen LogP contribution in [0.3, 0.4) is 0 Å². The van der Waals surface area contributed by atoms with Gasteiger partial charge in [0.05, 0.1) is 36.4 Å². The molecular weight excluding hydrogens is 228 g/mol. The smallest absolute Gasteiger partial charge is 0.155 e. The number of hydrogen-bond donors (Lipinski definition) is 0. The number of nitrogens with zero attached hydrogens (tertiary/aromatic N) is 6. The maximum atomic E-state index is 8.80. The van der Waals surface area contributed by atoms with Gasteiger partial charge in [-0.1, -0.05) is 0 Å². The monoisotopic (exact) mass is 232 g/mol. The molecule has 0 radical (unpaired) electrons. The summed E-state index contributed by atoms with van der Waals surface area (Å²) in [5.74, 6) is -4.01. The van der Waals surface area contributed by atoms with Crippen molar-refractivity contribution in [3.8, 4) is 36.4 Å². The third kappa shape index (κ3) is 1.84. The third-order valence-electron chi connectivity index (χ3n) is 2.67. The summed E-state index contributed by atoms with van der Waals surface area (Å²) in [4.78, 5) is 0. The van der Waals surface area contributed by atoms with Crippen molar-refractivity contribution >= 4 is 0 Å². The Hall–Kier alpha value is -3.32. The van der Waals surface area contributed by atoms with Gasteiger partial charge in [-0.3, -0.25) is 0 Å². The largest absolute Gasteiger partial charge is 0.197 e. The molecule has 82 valence electrons. The van der Waals surface area contributed by atoms with Gasteiger partial charge in [0.1, 0.15) is 5.92 Å². The van der Waals surface area contributed by atoms with Gasteiger partial charge in [0.25, 0.3) is 0 Å². The quantitative estimate of drug-likeness (QED) is 0.661. The first-order valence-corrected chi connectivity index (χ1v) is 4.81. The van der Waals surface area contributed by atoms with Crippen LogP contribution in [0, 0.1) is 91.7 Å². The molecule has 6 nitrogen and oxygen atoms in total. The second-order valence-electron chi connectivity index (χ2n) is 3.51. The van der Waals surface area contributed by atoms with E-state index < -0.39 is 23.7 Å². The number of hydrogen-bond acceptors (Lipinski definition) is 6. The molecule has 0 saturated heterocycles. The molecule has 0 bridgehead atoms. The van der Waals surface area contributed by atoms with E-state index >= 15 is 0 Å². The fourth-order valence-corrected chi connectivity index (χ4v) is 1.84. The number of nitriles is 6. The van der Waals surface area contributed by atoms with Crippen molar-refractivity contribution in [1.82, 2.24) is 0 Å². The molecule has 1 aliphatic rings. The van der Waals surface area contributed by atoms with Crippen LogP contribution in [0.5, 0.6) is 0 Å². The summed E-state index contributed by atoms with van der Waals surface area (Å²) in [6, 6.07) is 10.4. The lowest BCUT2D eigenvalue weighted by molar-refractivity contribution is 0.695. The molecule has 0 amide bonds. The van der Waals surface area contributed by atoms with Gasteiger partial charge in [-0.05, 0) is 11.1 Å². The average molecular weight is 232 g/mol. The molecule has 0 aromatic carbocycles. The van der Waals surface area contributed by atoms with Gasteiger partial charge in [-0.2, -0.15) is 31.6 Å². The van der Waals surface area contributed by atoms with Crippen LogP contribution in [0.4, 0.5) is 0 Å². The second kappa shape index (κ2) is 5.14. The molecule has 0 aromatic heterocycles. The molecule has 6 heteroatoms. The van der Waals surface area contributed by atoms with Crippen molar-refractivity contribution in [2.75, 3.05) is 0 Å². The Kier molecular flexibility index (Phi) is 3.64. The van der Waals surface area contributed by atoms with E-state index in [1.807, 2.05) is 0 Å². The van der Waals surface area contributed by atoms with E-state index in [1.54, 1.807) is 36.4 Å². The van der Waals surface area contributed by atoms with Crippen LogP contribution in [-0.2, 0) is 0 Å². The SMILES string of the molecule is N#CC(C#N)C1=C(C(C#N)C#N)C1C(C#N)C#N. The molecule has 1 aliphatic carbocycles. The van der Waals surface area contributed by atoms with Gasteiger partial charge < -0.3 is 0 Å². The molecule has 0 spiro atoms. The first-order chi connectivity index (χ1) is 8.69. The lowest BCUT2D eigenvalue weighted by Gasteiger charge is -2.00. The summed E-state index contributed by atoms with van der Waals surface area (Å²) in [5.41, 5.74) is 0.558. The summed E-state index contributed by atoms with van der Waals surface area (Å²) < 4.78 is 0. The van der Waals surface area contributed by atoms with Crippen molar-refractivity contribution in [2.24, 2.45) is 23.7 Å². The second-order valence-corrected chi connectivity index (χ2v) is 3.51. The van der Waals surface area contributed by atoms with E-state index in [1.165, 1.54) is 0 Å². The van der Waals surface area contributed by atoms with E-state index in [0.717, 1.165) is 0 Å². The highest BCUT2D eigenvalue weighted by Crippen LogP contribution is 2.52. The summed E-state index contributed by atoms with van der Waals surface area (Å²) in [6.07, 6.45) is 0. The van der Waals surface area contributed by atoms with E-state index in [0.29, 0.717) is 0 Å². The van der Waals surface area contributed by atoms with Crippen LogP contribution < -0.4 is 0 Å². The van der Waals surface area contributed by atoms with Crippen molar-refractivity contribution < 1.29 is 0 Å². The Labute approximate surface area is 103 Å². The highest BCUT2D eigenvalue weighted by atomic mass is 14.5. The average Bonchev–Trinajstić information content (AvgIpc) is 3.10. The minimum atomic E-state index is -1.11. The van der Waals surface area contributed by atoms with Crippen LogP contribution in [0.25, 0.3) is 0 Å². The first kappa shape index (κ1) is 12.7. The van der Waals surface area contributed by atoms with Crippen LogP contribution in [0.2, 0.25) is 0 Å². The maximum absolute atomic E-state index is 8.80. The van der Waals surface area contributed by atoms with Gasteiger partial charge in [-0.25, -0.2) is 0 Å². The molecule has 0 aromatic rings. The summed E-state index contributed by atoms with van der Waals surface area (Å²) in [6.45, 7) is 0. The standard InChI is InChI=1S/C12H4N6/c13-1-7(2-14)10-11(8(3-15)4-16)12(10)9(5-17)6-18/h7-10H. The van der Waals surface area contributed by atoms with Crippen LogP contribution in [0.1, 0.15) is 0 Å². The van der Waals surface area contributed by atoms with Gasteiger partial charge in [0.2, 0.25) is 0 Å². The van der Waals surface area contributed by atoms with E-state index in [-0.39, 0.29) is 11.1 Å². The Morgan fingerprint density at radius 3 is 1.17 bits per heavy atom. The number of rotatable bonds is 3.